The number of carbonyl (C=O) groups excluding carboxylic acids is 4. The number of amides is 3. The van der Waals surface area contributed by atoms with Crippen molar-refractivity contribution in [3.8, 4) is 0 Å². The number of likely N-dealkylation sites (N-methyl/N-ethyl adjacent to an activating group) is 1. The van der Waals surface area contributed by atoms with Crippen molar-refractivity contribution in [3.05, 3.63) is 87.4 Å². The number of benzene rings is 2. The second-order valence-corrected chi connectivity index (χ2v) is 14.5. The maximum atomic E-state index is 15.1. The molecular weight excluding hydrogens is 714 g/mol. The van der Waals surface area contributed by atoms with Crippen LogP contribution in [0.2, 0.25) is 5.02 Å². The highest BCUT2D eigenvalue weighted by Gasteiger charge is 2.75. The minimum Gasteiger partial charge on any atom is -0.455 e. The molecule has 2 fully saturated rings. The van der Waals surface area contributed by atoms with E-state index in [1.807, 2.05) is 69.3 Å². The number of halogens is 2. The van der Waals surface area contributed by atoms with Crippen LogP contribution in [0, 0.1) is 18.8 Å². The van der Waals surface area contributed by atoms with Crippen LogP contribution in [0.3, 0.4) is 0 Å². The summed E-state index contributed by atoms with van der Waals surface area (Å²) in [4.78, 5) is 62.2. The van der Waals surface area contributed by atoms with E-state index >= 15 is 4.79 Å². The number of nitrogens with zero attached hydrogens (tertiary/aromatic N) is 3. The zero-order valence-electron chi connectivity index (χ0n) is 27.9. The molecule has 49 heavy (non-hydrogen) atoms. The van der Waals surface area contributed by atoms with Crippen molar-refractivity contribution in [2.24, 2.45) is 11.8 Å². The Bertz CT molecular complexity index is 1680. The predicted molar refractivity (Wildman–Crippen MR) is 188 cm³/mol. The minimum atomic E-state index is -1.53. The van der Waals surface area contributed by atoms with E-state index in [9.17, 15) is 19.5 Å². The van der Waals surface area contributed by atoms with Crippen LogP contribution in [0.4, 0.5) is 5.69 Å². The Kier molecular flexibility index (Phi) is 10.1. The SMILES string of the molecule is CC[C@@H](CO)N1C(=O)[C@H]2[C@@H]3C(=O)O[C@H](c4ccccc4)[C@@H](C)N(C)C(=O)CC/C=C\CN(c4c(C)cccc4Cl)C(=O)[C@H]1[C@@]21C=C(Br)[C@@H]3O1. The number of cyclic esters (lactones) is 1. The number of hydrogen-bond donors (Lipinski definition) is 1. The van der Waals surface area contributed by atoms with Crippen molar-refractivity contribution < 1.29 is 33.8 Å². The number of aliphatic hydroxyl groups is 1. The van der Waals surface area contributed by atoms with Crippen LogP contribution in [0.5, 0.6) is 0 Å². The molecule has 2 saturated heterocycles. The lowest BCUT2D eigenvalue weighted by molar-refractivity contribution is -0.164. The van der Waals surface area contributed by atoms with Gasteiger partial charge in [0.25, 0.3) is 5.91 Å². The van der Waals surface area contributed by atoms with Gasteiger partial charge in [-0.05, 0) is 50.0 Å². The largest absolute Gasteiger partial charge is 0.455 e. The summed E-state index contributed by atoms with van der Waals surface area (Å²) in [5.74, 6) is -3.96. The van der Waals surface area contributed by atoms with Crippen LogP contribution in [-0.4, -0.2) is 88.6 Å². The van der Waals surface area contributed by atoms with Gasteiger partial charge in [-0.25, -0.2) is 0 Å². The molecule has 4 heterocycles. The molecule has 4 aliphatic rings. The van der Waals surface area contributed by atoms with E-state index in [0.29, 0.717) is 33.6 Å². The Balaban J connectivity index is 1.53. The lowest BCUT2D eigenvalue weighted by Gasteiger charge is -2.39. The second-order valence-electron chi connectivity index (χ2n) is 13.2. The molecule has 10 nitrogen and oxygen atoms in total. The van der Waals surface area contributed by atoms with E-state index in [4.69, 9.17) is 21.1 Å². The molecular formula is C37H41BrClN3O7. The fourth-order valence-electron chi connectivity index (χ4n) is 7.82. The molecule has 2 aromatic rings. The molecule has 8 atom stereocenters. The van der Waals surface area contributed by atoms with Crippen molar-refractivity contribution in [1.82, 2.24) is 9.80 Å². The number of fused-ring (bicyclic) bond motifs is 2. The first-order valence-corrected chi connectivity index (χ1v) is 17.9. The summed E-state index contributed by atoms with van der Waals surface area (Å²) < 4.78 is 13.5. The minimum absolute atomic E-state index is 0.0922. The smallest absolute Gasteiger partial charge is 0.313 e. The third-order valence-electron chi connectivity index (χ3n) is 10.5. The Hall–Kier alpha value is -3.51. The van der Waals surface area contributed by atoms with Crippen molar-refractivity contribution in [1.29, 1.82) is 0 Å². The molecule has 6 rings (SSSR count). The Morgan fingerprint density at radius 2 is 1.78 bits per heavy atom. The first-order chi connectivity index (χ1) is 23.5. The molecule has 0 saturated carbocycles. The highest BCUT2D eigenvalue weighted by molar-refractivity contribution is 9.11. The Morgan fingerprint density at radius 3 is 2.45 bits per heavy atom. The Labute approximate surface area is 299 Å². The van der Waals surface area contributed by atoms with E-state index < -0.39 is 72.2 Å². The van der Waals surface area contributed by atoms with E-state index in [1.54, 1.807) is 30.2 Å². The molecule has 2 aromatic carbocycles. The zero-order chi connectivity index (χ0) is 35.2. The maximum Gasteiger partial charge on any atom is 0.313 e. The van der Waals surface area contributed by atoms with Crippen molar-refractivity contribution >= 4 is 56.9 Å². The molecule has 0 radical (unpaired) electrons. The molecule has 5 bridgehead atoms. The van der Waals surface area contributed by atoms with E-state index in [-0.39, 0.29) is 18.9 Å². The third-order valence-corrected chi connectivity index (χ3v) is 11.4. The van der Waals surface area contributed by atoms with Crippen LogP contribution < -0.4 is 4.90 Å². The van der Waals surface area contributed by atoms with Crippen molar-refractivity contribution in [2.45, 2.75) is 76.0 Å². The summed E-state index contributed by atoms with van der Waals surface area (Å²) in [6.45, 7) is 5.21. The van der Waals surface area contributed by atoms with Gasteiger partial charge in [0.05, 0.1) is 35.3 Å². The van der Waals surface area contributed by atoms with Gasteiger partial charge < -0.3 is 29.3 Å². The molecule has 3 amide bonds. The van der Waals surface area contributed by atoms with Crippen molar-refractivity contribution in [2.75, 3.05) is 25.1 Å². The number of hydrogen-bond acceptors (Lipinski definition) is 7. The van der Waals surface area contributed by atoms with E-state index in [0.717, 1.165) is 5.56 Å². The summed E-state index contributed by atoms with van der Waals surface area (Å²) in [7, 11) is 1.69. The van der Waals surface area contributed by atoms with Gasteiger partial charge in [0.15, 0.2) is 0 Å². The lowest BCUT2D eigenvalue weighted by Crippen LogP contribution is -2.58. The summed E-state index contributed by atoms with van der Waals surface area (Å²) in [5.41, 5.74) is 0.379. The van der Waals surface area contributed by atoms with Crippen LogP contribution in [-0.2, 0) is 28.7 Å². The summed E-state index contributed by atoms with van der Waals surface area (Å²) in [6, 6.07) is 12.0. The number of aliphatic hydroxyl groups excluding tert-OH is 1. The number of aryl methyl sites for hydroxylation is 1. The lowest BCUT2D eigenvalue weighted by atomic mass is 9.74. The van der Waals surface area contributed by atoms with Gasteiger partial charge in [0.2, 0.25) is 11.8 Å². The van der Waals surface area contributed by atoms with Gasteiger partial charge in [-0.2, -0.15) is 0 Å². The monoisotopic (exact) mass is 753 g/mol. The van der Waals surface area contributed by atoms with Crippen LogP contribution in [0.1, 0.15) is 50.3 Å². The molecule has 0 aliphatic carbocycles. The van der Waals surface area contributed by atoms with Crippen LogP contribution in [0.25, 0.3) is 0 Å². The number of allylic oxidation sites excluding steroid dienone is 1. The highest BCUT2D eigenvalue weighted by atomic mass is 79.9. The molecule has 1 N–H and O–H groups in total. The van der Waals surface area contributed by atoms with Gasteiger partial charge >= 0.3 is 5.97 Å². The number of rotatable bonds is 5. The number of anilines is 1. The van der Waals surface area contributed by atoms with E-state index in [2.05, 4.69) is 15.9 Å². The van der Waals surface area contributed by atoms with Gasteiger partial charge in [-0.15, -0.1) is 0 Å². The van der Waals surface area contributed by atoms with Crippen LogP contribution in [0.15, 0.2) is 71.2 Å². The van der Waals surface area contributed by atoms with E-state index in [1.165, 1.54) is 9.80 Å². The molecule has 12 heteroatoms. The second kappa shape index (κ2) is 14.0. The molecule has 4 aliphatic heterocycles. The maximum absolute atomic E-state index is 15.1. The predicted octanol–water partition coefficient (Wildman–Crippen LogP) is 5.11. The third kappa shape index (κ3) is 5.92. The van der Waals surface area contributed by atoms with Gasteiger partial charge in [0, 0.05) is 24.5 Å². The quantitative estimate of drug-likeness (QED) is 0.334. The molecule has 1 spiro atoms. The van der Waals surface area contributed by atoms with Gasteiger partial charge in [-0.1, -0.05) is 89.1 Å². The average Bonchev–Trinajstić information content (AvgIpc) is 3.69. The number of likely N-dealkylation sites (tertiary alicyclic amines) is 1. The average molecular weight is 755 g/mol. The van der Waals surface area contributed by atoms with Crippen molar-refractivity contribution in [3.63, 3.8) is 0 Å². The fourth-order valence-corrected chi connectivity index (χ4v) is 8.88. The zero-order valence-corrected chi connectivity index (χ0v) is 30.3. The van der Waals surface area contributed by atoms with Gasteiger partial charge in [-0.3, -0.25) is 19.2 Å². The highest BCUT2D eigenvalue weighted by Crippen LogP contribution is 2.59. The number of carbonyl (C=O) groups is 4. The normalized spacial score (nSPS) is 31.9. The Morgan fingerprint density at radius 1 is 1.04 bits per heavy atom. The standard InChI is InChI=1S/C37H41BrClN3O7/c1-5-24(20-43)42-33-35(46)41(30-21(2)13-12-16-26(30)39)18-11-7-10-17-27(44)40(4)22(3)31(23-14-8-6-9-15-23)48-36(47)28-29(34(42)45)37(33)19-25(38)32(28)49-37/h6-9,11-16,19,22,24,28-29,31-33,43H,5,10,17-18,20H2,1-4H3/b11-7-/t22-,24+,28+,29-,31+,32+,33+,37-/m1/s1. The van der Waals surface area contributed by atoms with Gasteiger partial charge in [0.1, 0.15) is 29.8 Å². The molecule has 0 unspecified atom stereocenters. The summed E-state index contributed by atoms with van der Waals surface area (Å²) >= 11 is 10.4. The van der Waals surface area contributed by atoms with Crippen LogP contribution >= 0.6 is 27.5 Å². The fraction of sp³-hybridized carbons (Fsp3) is 0.459. The number of ether oxygens (including phenoxy) is 2. The summed E-state index contributed by atoms with van der Waals surface area (Å²) in [5, 5.41) is 10.9. The first-order valence-electron chi connectivity index (χ1n) is 16.7. The number of esters is 1. The molecule has 0 aromatic heterocycles. The first kappa shape index (κ1) is 35.3. The summed E-state index contributed by atoms with van der Waals surface area (Å²) in [6.07, 6.45) is 4.63. The molecule has 260 valence electrons. The number of para-hydroxylation sites is 1. The topological polar surface area (TPSA) is 117 Å².